The van der Waals surface area contributed by atoms with E-state index in [2.05, 4.69) is 14.8 Å². The highest BCUT2D eigenvalue weighted by molar-refractivity contribution is 6.35. The van der Waals surface area contributed by atoms with E-state index in [4.69, 9.17) is 37.8 Å². The molecular formula is C40H45Cl2N5O5. The number of benzene rings is 3. The molecule has 3 heterocycles. The number of nitrogens with zero attached hydrogens (tertiary/aromatic N) is 4. The fourth-order valence-electron chi connectivity index (χ4n) is 7.13. The van der Waals surface area contributed by atoms with Crippen molar-refractivity contribution < 1.29 is 24.2 Å². The summed E-state index contributed by atoms with van der Waals surface area (Å²) < 4.78 is 15.8. The second kappa shape index (κ2) is 16.1. The number of fused-ring (bicyclic) bond motifs is 1. The smallest absolute Gasteiger partial charge is 0.335 e. The van der Waals surface area contributed by atoms with Gasteiger partial charge in [0.2, 0.25) is 0 Å². The lowest BCUT2D eigenvalue weighted by atomic mass is 9.98. The predicted molar refractivity (Wildman–Crippen MR) is 205 cm³/mol. The summed E-state index contributed by atoms with van der Waals surface area (Å²) in [5.41, 5.74) is 8.95. The molecule has 2 N–H and O–H groups in total. The number of aryl methyl sites for hydroxylation is 5. The molecule has 3 aromatic carbocycles. The summed E-state index contributed by atoms with van der Waals surface area (Å²) in [6.07, 6.45) is 1.23. The topological polar surface area (TPSA) is 111 Å². The van der Waals surface area contributed by atoms with Gasteiger partial charge in [0.05, 0.1) is 41.6 Å². The predicted octanol–water partition coefficient (Wildman–Crippen LogP) is 7.55. The molecular weight excluding hydrogens is 701 g/mol. The Kier molecular flexibility index (Phi) is 11.6. The number of halogens is 2. The first-order valence-electron chi connectivity index (χ1n) is 17.6. The summed E-state index contributed by atoms with van der Waals surface area (Å²) in [4.78, 5) is 28.3. The van der Waals surface area contributed by atoms with Crippen LogP contribution in [-0.2, 0) is 31.3 Å². The van der Waals surface area contributed by atoms with Gasteiger partial charge in [0.15, 0.2) is 0 Å². The van der Waals surface area contributed by atoms with E-state index < -0.39 is 5.97 Å². The molecule has 5 aromatic rings. The van der Waals surface area contributed by atoms with Crippen LogP contribution < -0.4 is 10.1 Å². The van der Waals surface area contributed by atoms with Gasteiger partial charge in [0, 0.05) is 67.0 Å². The molecule has 6 rings (SSSR count). The third kappa shape index (κ3) is 7.85. The van der Waals surface area contributed by atoms with Crippen LogP contribution in [0.15, 0.2) is 48.5 Å². The van der Waals surface area contributed by atoms with Crippen LogP contribution >= 0.6 is 23.2 Å². The van der Waals surface area contributed by atoms with Crippen molar-refractivity contribution in [2.45, 2.75) is 53.6 Å². The van der Waals surface area contributed by atoms with Gasteiger partial charge in [-0.05, 0) is 93.1 Å². The maximum absolute atomic E-state index is 14.5. The van der Waals surface area contributed by atoms with Crippen molar-refractivity contribution in [1.82, 2.24) is 24.6 Å². The van der Waals surface area contributed by atoms with Crippen LogP contribution in [-0.4, -0.2) is 75.7 Å². The van der Waals surface area contributed by atoms with Crippen molar-refractivity contribution in [2.75, 3.05) is 39.5 Å². The van der Waals surface area contributed by atoms with Crippen LogP contribution in [0.5, 0.6) is 5.75 Å². The van der Waals surface area contributed by atoms with Crippen LogP contribution in [0.1, 0.15) is 60.9 Å². The molecule has 1 fully saturated rings. The number of carbonyl (C=O) groups is 2. The van der Waals surface area contributed by atoms with Crippen LogP contribution in [0.2, 0.25) is 10.0 Å². The van der Waals surface area contributed by atoms with Crippen molar-refractivity contribution in [3.8, 4) is 16.9 Å². The Morgan fingerprint density at radius 1 is 0.962 bits per heavy atom. The molecule has 0 aliphatic carbocycles. The van der Waals surface area contributed by atoms with E-state index in [-0.39, 0.29) is 18.0 Å². The average Bonchev–Trinajstić information content (AvgIpc) is 3.58. The summed E-state index contributed by atoms with van der Waals surface area (Å²) in [5.74, 6) is -0.457. The summed E-state index contributed by atoms with van der Waals surface area (Å²) in [5, 5.41) is 19.5. The van der Waals surface area contributed by atoms with E-state index in [1.807, 2.05) is 63.7 Å². The highest BCUT2D eigenvalue weighted by Gasteiger charge is 2.28. The van der Waals surface area contributed by atoms with E-state index >= 15 is 0 Å². The molecule has 0 spiro atoms. The van der Waals surface area contributed by atoms with E-state index in [0.29, 0.717) is 49.9 Å². The maximum Gasteiger partial charge on any atom is 0.335 e. The molecule has 0 atom stereocenters. The molecule has 1 aliphatic heterocycles. The standard InChI is InChI=1S/C40H45Cl2N5O5/c1-24-21-30(22-25(2)36(24)42)52-18-6-7-31-32-12-13-33(41)35(34-26(3)44-45(5)27(34)4)37(32)47(15-14-46-16-19-51-20-17-46)38(31)39(48)43-23-28-8-10-29(11-9-28)40(49)50/h8-13,21-22H,6-7,14-20,23H2,1-5H3,(H,43,48)(H,49,50). The first-order valence-corrected chi connectivity index (χ1v) is 18.3. The van der Waals surface area contributed by atoms with Crippen molar-refractivity contribution >= 4 is 46.0 Å². The number of morpholine rings is 1. The summed E-state index contributed by atoms with van der Waals surface area (Å²) in [6.45, 7) is 12.9. The monoisotopic (exact) mass is 745 g/mol. The normalized spacial score (nSPS) is 13.5. The highest BCUT2D eigenvalue weighted by atomic mass is 35.5. The number of hydrogen-bond acceptors (Lipinski definition) is 6. The molecule has 1 amide bonds. The molecule has 0 saturated carbocycles. The minimum Gasteiger partial charge on any atom is -0.494 e. The number of amides is 1. The first-order chi connectivity index (χ1) is 24.9. The van der Waals surface area contributed by atoms with Gasteiger partial charge in [-0.1, -0.05) is 41.4 Å². The van der Waals surface area contributed by atoms with Crippen molar-refractivity contribution in [1.29, 1.82) is 0 Å². The number of ether oxygens (including phenoxy) is 2. The highest BCUT2D eigenvalue weighted by Crippen LogP contribution is 2.42. The van der Waals surface area contributed by atoms with Gasteiger partial charge in [0.25, 0.3) is 5.91 Å². The fourth-order valence-corrected chi connectivity index (χ4v) is 7.48. The van der Waals surface area contributed by atoms with Crippen LogP contribution in [0.3, 0.4) is 0 Å². The fraction of sp³-hybridized carbons (Fsp3) is 0.375. The van der Waals surface area contributed by atoms with Crippen LogP contribution in [0.25, 0.3) is 22.0 Å². The Bertz CT molecular complexity index is 2090. The van der Waals surface area contributed by atoms with Gasteiger partial charge >= 0.3 is 5.97 Å². The number of nitrogens with one attached hydrogen (secondary N) is 1. The Labute approximate surface area is 314 Å². The summed E-state index contributed by atoms with van der Waals surface area (Å²) >= 11 is 13.5. The Morgan fingerprint density at radius 2 is 1.65 bits per heavy atom. The number of carboxylic acids is 1. The first kappa shape index (κ1) is 37.4. The van der Waals surface area contributed by atoms with Gasteiger partial charge < -0.3 is 24.5 Å². The maximum atomic E-state index is 14.5. The van der Waals surface area contributed by atoms with E-state index in [0.717, 1.165) is 86.1 Å². The lowest BCUT2D eigenvalue weighted by molar-refractivity contribution is 0.0364. The Hall–Kier alpha value is -4.35. The van der Waals surface area contributed by atoms with E-state index in [9.17, 15) is 14.7 Å². The van der Waals surface area contributed by atoms with Gasteiger partial charge in [-0.15, -0.1) is 0 Å². The number of hydrogen-bond donors (Lipinski definition) is 2. The van der Waals surface area contributed by atoms with Gasteiger partial charge in [-0.2, -0.15) is 5.10 Å². The van der Waals surface area contributed by atoms with Crippen LogP contribution in [0.4, 0.5) is 0 Å². The quantitative estimate of drug-likeness (QED) is 0.120. The molecule has 10 nitrogen and oxygen atoms in total. The largest absolute Gasteiger partial charge is 0.494 e. The zero-order chi connectivity index (χ0) is 37.1. The summed E-state index contributed by atoms with van der Waals surface area (Å²) in [7, 11) is 1.92. The number of carbonyl (C=O) groups excluding carboxylic acids is 1. The van der Waals surface area contributed by atoms with E-state index in [1.54, 1.807) is 24.3 Å². The van der Waals surface area contributed by atoms with E-state index in [1.165, 1.54) is 0 Å². The van der Waals surface area contributed by atoms with Crippen molar-refractivity contribution in [3.63, 3.8) is 0 Å². The second-order valence-electron chi connectivity index (χ2n) is 13.4. The lowest BCUT2D eigenvalue weighted by Crippen LogP contribution is -2.38. The minimum atomic E-state index is -0.996. The lowest BCUT2D eigenvalue weighted by Gasteiger charge is -2.27. The summed E-state index contributed by atoms with van der Waals surface area (Å²) in [6, 6.07) is 14.4. The minimum absolute atomic E-state index is 0.192. The third-order valence-corrected chi connectivity index (χ3v) is 10.8. The number of aromatic nitrogens is 3. The van der Waals surface area contributed by atoms with Gasteiger partial charge in [0.1, 0.15) is 11.4 Å². The van der Waals surface area contributed by atoms with Gasteiger partial charge in [-0.25, -0.2) is 4.79 Å². The number of aromatic carboxylic acids is 1. The van der Waals surface area contributed by atoms with Crippen LogP contribution in [0, 0.1) is 27.7 Å². The SMILES string of the molecule is Cc1cc(OCCCc2c(C(=O)NCc3ccc(C(=O)O)cc3)n(CCN3CCOCC3)c3c(-c4c(C)nn(C)c4C)c(Cl)ccc23)cc(C)c1Cl. The zero-order valence-electron chi connectivity index (χ0n) is 30.3. The molecule has 2 aromatic heterocycles. The molecule has 1 saturated heterocycles. The zero-order valence-corrected chi connectivity index (χ0v) is 31.8. The number of rotatable bonds is 13. The van der Waals surface area contributed by atoms with Crippen molar-refractivity contribution in [2.24, 2.45) is 7.05 Å². The average molecular weight is 747 g/mol. The molecule has 1 aliphatic rings. The molecule has 0 unspecified atom stereocenters. The second-order valence-corrected chi connectivity index (χ2v) is 14.2. The number of carboxylic acid groups (broad SMARTS) is 1. The molecule has 12 heteroatoms. The molecule has 0 radical (unpaired) electrons. The van der Waals surface area contributed by atoms with Crippen molar-refractivity contribution in [3.05, 3.63) is 103 Å². The Balaban J connectivity index is 1.43. The molecule has 52 heavy (non-hydrogen) atoms. The molecule has 274 valence electrons. The third-order valence-electron chi connectivity index (χ3n) is 9.90. The van der Waals surface area contributed by atoms with Gasteiger partial charge in [-0.3, -0.25) is 14.4 Å². The molecule has 0 bridgehead atoms. The Morgan fingerprint density at radius 3 is 2.29 bits per heavy atom.